The first-order valence-electron chi connectivity index (χ1n) is 4.59. The molecule has 2 rings (SSSR count). The number of anilines is 1. The summed E-state index contributed by atoms with van der Waals surface area (Å²) >= 11 is 1.48. The molecule has 1 aromatic heterocycles. The molecule has 0 aliphatic carbocycles. The lowest BCUT2D eigenvalue weighted by Gasteiger charge is -2.31. The van der Waals surface area contributed by atoms with Crippen LogP contribution in [0.1, 0.15) is 4.88 Å². The van der Waals surface area contributed by atoms with Gasteiger partial charge >= 0.3 is 0 Å². The molecule has 1 aromatic rings. The highest BCUT2D eigenvalue weighted by Gasteiger charge is 2.16. The molecule has 0 unspecified atom stereocenters. The topological polar surface area (TPSA) is 43.2 Å². The molecule has 74 valence electrons. The van der Waals surface area contributed by atoms with E-state index in [-0.39, 0.29) is 0 Å². The molecular formula is C9H12N4S. The fraction of sp³-hybridized carbons (Fsp3) is 0.556. The molecule has 1 fully saturated rings. The molecule has 0 atom stereocenters. The monoisotopic (exact) mass is 208 g/mol. The predicted molar refractivity (Wildman–Crippen MR) is 56.5 cm³/mol. The molecule has 0 radical (unpaired) electrons. The molecule has 0 N–H and O–H groups in total. The number of aromatic nitrogens is 1. The van der Waals surface area contributed by atoms with Gasteiger partial charge in [-0.3, -0.25) is 0 Å². The van der Waals surface area contributed by atoms with Crippen molar-refractivity contribution >= 4 is 16.5 Å². The highest BCUT2D eigenvalue weighted by Crippen LogP contribution is 2.22. The summed E-state index contributed by atoms with van der Waals surface area (Å²) in [6.45, 7) is 4.16. The Hall–Kier alpha value is -1.12. The van der Waals surface area contributed by atoms with Crippen LogP contribution in [0.25, 0.3) is 0 Å². The van der Waals surface area contributed by atoms with Gasteiger partial charge in [-0.15, -0.1) is 0 Å². The van der Waals surface area contributed by atoms with Crippen molar-refractivity contribution in [3.8, 4) is 6.07 Å². The molecule has 0 spiro atoms. The van der Waals surface area contributed by atoms with Gasteiger partial charge in [0.1, 0.15) is 10.9 Å². The Morgan fingerprint density at radius 1 is 1.43 bits per heavy atom. The minimum atomic E-state index is 0.693. The fourth-order valence-corrected chi connectivity index (χ4v) is 2.23. The van der Waals surface area contributed by atoms with Crippen LogP contribution in [-0.2, 0) is 0 Å². The van der Waals surface area contributed by atoms with E-state index in [1.807, 2.05) is 0 Å². The van der Waals surface area contributed by atoms with Crippen LogP contribution in [0.3, 0.4) is 0 Å². The fourth-order valence-electron chi connectivity index (χ4n) is 1.46. The van der Waals surface area contributed by atoms with Gasteiger partial charge in [0, 0.05) is 26.2 Å². The predicted octanol–water partition coefficient (Wildman–Crippen LogP) is 0.767. The summed E-state index contributed by atoms with van der Waals surface area (Å²) in [7, 11) is 2.12. The second kappa shape index (κ2) is 3.95. The van der Waals surface area contributed by atoms with Gasteiger partial charge in [0.15, 0.2) is 5.13 Å². The highest BCUT2D eigenvalue weighted by atomic mass is 32.1. The molecule has 1 saturated heterocycles. The zero-order chi connectivity index (χ0) is 9.97. The minimum absolute atomic E-state index is 0.693. The van der Waals surface area contributed by atoms with Crippen molar-refractivity contribution in [2.24, 2.45) is 0 Å². The van der Waals surface area contributed by atoms with Crippen LogP contribution in [0, 0.1) is 11.3 Å². The van der Waals surface area contributed by atoms with Crippen LogP contribution < -0.4 is 4.90 Å². The normalized spacial score (nSPS) is 18.1. The van der Waals surface area contributed by atoms with Crippen molar-refractivity contribution in [2.75, 3.05) is 38.1 Å². The van der Waals surface area contributed by atoms with Crippen LogP contribution in [-0.4, -0.2) is 43.1 Å². The van der Waals surface area contributed by atoms with Crippen molar-refractivity contribution in [1.29, 1.82) is 5.26 Å². The molecule has 0 saturated carbocycles. The van der Waals surface area contributed by atoms with E-state index in [4.69, 9.17) is 5.26 Å². The summed E-state index contributed by atoms with van der Waals surface area (Å²) in [5.41, 5.74) is 0. The number of rotatable bonds is 1. The Bertz CT molecular complexity index is 346. The zero-order valence-corrected chi connectivity index (χ0v) is 8.92. The number of hydrogen-bond acceptors (Lipinski definition) is 5. The maximum atomic E-state index is 8.69. The molecule has 0 aromatic carbocycles. The van der Waals surface area contributed by atoms with Gasteiger partial charge in [0.05, 0.1) is 6.20 Å². The summed E-state index contributed by atoms with van der Waals surface area (Å²) in [5, 5.41) is 9.67. The van der Waals surface area contributed by atoms with Gasteiger partial charge in [-0.2, -0.15) is 5.26 Å². The molecule has 4 nitrogen and oxygen atoms in total. The third-order valence-electron chi connectivity index (χ3n) is 2.38. The molecule has 2 heterocycles. The third-order valence-corrected chi connectivity index (χ3v) is 3.34. The van der Waals surface area contributed by atoms with Gasteiger partial charge in [0.25, 0.3) is 0 Å². The molecule has 14 heavy (non-hydrogen) atoms. The quantitative estimate of drug-likeness (QED) is 0.683. The number of likely N-dealkylation sites (N-methyl/N-ethyl adjacent to an activating group) is 1. The van der Waals surface area contributed by atoms with E-state index in [2.05, 4.69) is 27.9 Å². The van der Waals surface area contributed by atoms with Gasteiger partial charge in [-0.25, -0.2) is 4.98 Å². The SMILES string of the molecule is CN1CCN(c2ncc(C#N)s2)CC1. The average molecular weight is 208 g/mol. The summed E-state index contributed by atoms with van der Waals surface area (Å²) in [4.78, 5) is 9.48. The van der Waals surface area contributed by atoms with Crippen molar-refractivity contribution in [2.45, 2.75) is 0 Å². The molecule has 0 amide bonds. The number of hydrogen-bond donors (Lipinski definition) is 0. The summed E-state index contributed by atoms with van der Waals surface area (Å²) in [5.74, 6) is 0. The highest BCUT2D eigenvalue weighted by molar-refractivity contribution is 7.16. The molecule has 1 aliphatic heterocycles. The van der Waals surface area contributed by atoms with E-state index in [0.29, 0.717) is 4.88 Å². The van der Waals surface area contributed by atoms with Gasteiger partial charge in [-0.1, -0.05) is 11.3 Å². The van der Waals surface area contributed by atoms with E-state index < -0.39 is 0 Å². The number of piperazine rings is 1. The van der Waals surface area contributed by atoms with Crippen LogP contribution in [0.15, 0.2) is 6.20 Å². The van der Waals surface area contributed by atoms with E-state index in [9.17, 15) is 0 Å². The van der Waals surface area contributed by atoms with Crippen LogP contribution in [0.5, 0.6) is 0 Å². The standard InChI is InChI=1S/C9H12N4S/c1-12-2-4-13(5-3-12)9-11-7-8(6-10)14-9/h7H,2-5H2,1H3. The van der Waals surface area contributed by atoms with Crippen LogP contribution >= 0.6 is 11.3 Å². The van der Waals surface area contributed by atoms with E-state index in [1.165, 1.54) is 11.3 Å². The average Bonchev–Trinajstić information content (AvgIpc) is 2.67. The Balaban J connectivity index is 2.05. The van der Waals surface area contributed by atoms with Crippen LogP contribution in [0.4, 0.5) is 5.13 Å². The Morgan fingerprint density at radius 3 is 2.71 bits per heavy atom. The van der Waals surface area contributed by atoms with Crippen LogP contribution in [0.2, 0.25) is 0 Å². The lowest BCUT2D eigenvalue weighted by molar-refractivity contribution is 0.313. The zero-order valence-electron chi connectivity index (χ0n) is 8.10. The molecule has 1 aliphatic rings. The van der Waals surface area contributed by atoms with E-state index in [0.717, 1.165) is 31.3 Å². The van der Waals surface area contributed by atoms with Crippen molar-refractivity contribution in [3.63, 3.8) is 0 Å². The number of nitrogens with zero attached hydrogens (tertiary/aromatic N) is 4. The van der Waals surface area contributed by atoms with Crippen molar-refractivity contribution in [1.82, 2.24) is 9.88 Å². The first kappa shape index (κ1) is 9.44. The number of thiazole rings is 1. The summed E-state index contributed by atoms with van der Waals surface area (Å²) < 4.78 is 0. The third kappa shape index (κ3) is 1.86. The molecule has 5 heteroatoms. The van der Waals surface area contributed by atoms with Gasteiger partial charge in [-0.05, 0) is 7.05 Å². The molecule has 0 bridgehead atoms. The lowest BCUT2D eigenvalue weighted by atomic mass is 10.3. The minimum Gasteiger partial charge on any atom is -0.345 e. The Labute approximate surface area is 87.4 Å². The Morgan fingerprint density at radius 2 is 2.14 bits per heavy atom. The first-order valence-corrected chi connectivity index (χ1v) is 5.40. The Kier molecular flexibility index (Phi) is 2.66. The van der Waals surface area contributed by atoms with Crippen molar-refractivity contribution < 1.29 is 0 Å². The summed E-state index contributed by atoms with van der Waals surface area (Å²) in [6.07, 6.45) is 1.65. The number of nitriles is 1. The largest absolute Gasteiger partial charge is 0.345 e. The maximum absolute atomic E-state index is 8.69. The van der Waals surface area contributed by atoms with Crippen molar-refractivity contribution in [3.05, 3.63) is 11.1 Å². The lowest BCUT2D eigenvalue weighted by Crippen LogP contribution is -2.44. The second-order valence-electron chi connectivity index (χ2n) is 3.41. The van der Waals surface area contributed by atoms with E-state index >= 15 is 0 Å². The van der Waals surface area contributed by atoms with Gasteiger partial charge < -0.3 is 9.80 Å². The smallest absolute Gasteiger partial charge is 0.186 e. The maximum Gasteiger partial charge on any atom is 0.186 e. The first-order chi connectivity index (χ1) is 6.79. The van der Waals surface area contributed by atoms with E-state index in [1.54, 1.807) is 6.20 Å². The summed E-state index contributed by atoms with van der Waals surface area (Å²) in [6, 6.07) is 2.11. The molecular weight excluding hydrogens is 196 g/mol. The van der Waals surface area contributed by atoms with Gasteiger partial charge in [0.2, 0.25) is 0 Å². The second-order valence-corrected chi connectivity index (χ2v) is 4.42.